The molecule has 5 aromatic rings. The van der Waals surface area contributed by atoms with Gasteiger partial charge < -0.3 is 11.5 Å². The number of imidazole rings is 1. The molecular weight excluding hydrogens is 438 g/mol. The van der Waals surface area contributed by atoms with Crippen LogP contribution in [0.4, 0.5) is 5.82 Å². The van der Waals surface area contributed by atoms with E-state index in [1.165, 1.54) is 0 Å². The normalized spacial score (nSPS) is 18.2. The van der Waals surface area contributed by atoms with Crippen molar-refractivity contribution >= 4 is 28.3 Å². The van der Waals surface area contributed by atoms with Crippen molar-refractivity contribution in [2.45, 2.75) is 31.6 Å². The molecule has 174 valence electrons. The predicted molar refractivity (Wildman–Crippen MR) is 135 cm³/mol. The van der Waals surface area contributed by atoms with Gasteiger partial charge in [0.2, 0.25) is 5.91 Å². The lowest BCUT2D eigenvalue weighted by Gasteiger charge is -2.25. The van der Waals surface area contributed by atoms with Crippen molar-refractivity contribution in [3.63, 3.8) is 0 Å². The fourth-order valence-corrected chi connectivity index (χ4v) is 5.13. The molecule has 0 aliphatic heterocycles. The molecule has 0 spiro atoms. The number of benzene rings is 2. The van der Waals surface area contributed by atoms with Gasteiger partial charge in [0.15, 0.2) is 0 Å². The van der Waals surface area contributed by atoms with E-state index in [0.29, 0.717) is 5.82 Å². The van der Waals surface area contributed by atoms with Crippen LogP contribution in [-0.2, 0) is 4.79 Å². The first kappa shape index (κ1) is 21.2. The average Bonchev–Trinajstić information content (AvgIpc) is 3.30. The first-order valence-electron chi connectivity index (χ1n) is 11.8. The Bertz CT molecular complexity index is 1550. The van der Waals surface area contributed by atoms with Crippen molar-refractivity contribution in [2.75, 3.05) is 5.73 Å². The second-order valence-corrected chi connectivity index (χ2v) is 9.13. The zero-order chi connectivity index (χ0) is 23.9. The summed E-state index contributed by atoms with van der Waals surface area (Å²) in [5.41, 5.74) is 18.0. The number of hydrogen-bond acceptors (Lipinski definition) is 6. The van der Waals surface area contributed by atoms with E-state index in [1.807, 2.05) is 59.1 Å². The van der Waals surface area contributed by atoms with Crippen LogP contribution < -0.4 is 11.5 Å². The molecular formula is C27H25N7O. The molecule has 0 unspecified atom stereocenters. The Morgan fingerprint density at radius 3 is 2.49 bits per heavy atom. The van der Waals surface area contributed by atoms with E-state index in [0.717, 1.165) is 70.6 Å². The van der Waals surface area contributed by atoms with Gasteiger partial charge in [0.1, 0.15) is 17.2 Å². The monoisotopic (exact) mass is 463 g/mol. The predicted octanol–water partition coefficient (Wildman–Crippen LogP) is 4.35. The van der Waals surface area contributed by atoms with Gasteiger partial charge in [-0.05, 0) is 43.9 Å². The molecule has 1 fully saturated rings. The number of primary amides is 1. The number of aromatic nitrogens is 5. The number of nitrogens with zero attached hydrogens (tertiary/aromatic N) is 5. The summed E-state index contributed by atoms with van der Waals surface area (Å²) in [7, 11) is 0. The zero-order valence-corrected chi connectivity index (χ0v) is 19.1. The molecule has 2 aromatic carbocycles. The zero-order valence-electron chi connectivity index (χ0n) is 19.1. The minimum Gasteiger partial charge on any atom is -0.382 e. The van der Waals surface area contributed by atoms with Crippen molar-refractivity contribution in [1.29, 1.82) is 0 Å². The van der Waals surface area contributed by atoms with Gasteiger partial charge in [-0.2, -0.15) is 0 Å². The molecule has 1 amide bonds. The van der Waals surface area contributed by atoms with E-state index in [-0.39, 0.29) is 17.7 Å². The number of carbonyl (C=O) groups excluding carboxylic acids is 1. The van der Waals surface area contributed by atoms with Crippen LogP contribution in [0.3, 0.4) is 0 Å². The minimum absolute atomic E-state index is 0.0621. The third-order valence-electron chi connectivity index (χ3n) is 7.00. The molecule has 0 radical (unpaired) electrons. The van der Waals surface area contributed by atoms with Gasteiger partial charge in [0.05, 0.1) is 28.6 Å². The van der Waals surface area contributed by atoms with Crippen LogP contribution in [0, 0.1) is 5.92 Å². The van der Waals surface area contributed by atoms with E-state index in [1.54, 1.807) is 12.4 Å². The van der Waals surface area contributed by atoms with Crippen LogP contribution in [0.5, 0.6) is 0 Å². The molecule has 0 saturated heterocycles. The Labute approximate surface area is 202 Å². The lowest BCUT2D eigenvalue weighted by Crippen LogP contribution is -2.27. The maximum Gasteiger partial charge on any atom is 0.220 e. The Kier molecular flexibility index (Phi) is 5.13. The highest BCUT2D eigenvalue weighted by Crippen LogP contribution is 2.39. The van der Waals surface area contributed by atoms with Crippen molar-refractivity contribution in [1.82, 2.24) is 24.3 Å². The molecule has 3 heterocycles. The number of anilines is 1. The van der Waals surface area contributed by atoms with Crippen LogP contribution in [0.1, 0.15) is 37.3 Å². The van der Waals surface area contributed by atoms with Crippen molar-refractivity contribution in [2.24, 2.45) is 11.7 Å². The maximum atomic E-state index is 11.6. The smallest absolute Gasteiger partial charge is 0.220 e. The number of hydrogen-bond donors (Lipinski definition) is 2. The Morgan fingerprint density at radius 2 is 1.71 bits per heavy atom. The molecule has 6 rings (SSSR count). The van der Waals surface area contributed by atoms with E-state index >= 15 is 0 Å². The Balaban J connectivity index is 1.44. The third-order valence-corrected chi connectivity index (χ3v) is 7.00. The number of nitrogens with two attached hydrogens (primary N) is 2. The standard InChI is InChI=1S/C27H25N7O/c28-25-24-23(17-6-8-18(9-7-17)26(29)35)33-27(34(24)13-12-30-25)19-10-11-20-21(14-19)32-22(15-31-20)16-4-2-1-3-5-16/h1-5,10-15,17-18H,6-9H2,(H2,28,30)(H2,29,35). The van der Waals surface area contributed by atoms with Crippen molar-refractivity contribution in [3.05, 3.63) is 72.8 Å². The van der Waals surface area contributed by atoms with E-state index in [2.05, 4.69) is 9.97 Å². The van der Waals surface area contributed by atoms with E-state index < -0.39 is 0 Å². The lowest BCUT2D eigenvalue weighted by molar-refractivity contribution is -0.122. The summed E-state index contributed by atoms with van der Waals surface area (Å²) >= 11 is 0. The summed E-state index contributed by atoms with van der Waals surface area (Å²) in [5.74, 6) is 1.16. The molecule has 0 bridgehead atoms. The molecule has 4 N–H and O–H groups in total. The van der Waals surface area contributed by atoms with Gasteiger partial charge in [0.25, 0.3) is 0 Å². The highest BCUT2D eigenvalue weighted by molar-refractivity contribution is 5.83. The van der Waals surface area contributed by atoms with Gasteiger partial charge in [-0.15, -0.1) is 0 Å². The molecule has 8 nitrogen and oxygen atoms in total. The molecule has 1 aliphatic carbocycles. The number of amides is 1. The van der Waals surface area contributed by atoms with Gasteiger partial charge in [0, 0.05) is 35.4 Å². The quantitative estimate of drug-likeness (QED) is 0.408. The SMILES string of the molecule is NC(=O)C1CCC(c2nc(-c3ccc4ncc(-c5ccccc5)nc4c3)n3ccnc(N)c23)CC1. The van der Waals surface area contributed by atoms with E-state index in [4.69, 9.17) is 21.4 Å². The first-order chi connectivity index (χ1) is 17.1. The number of carbonyl (C=O) groups is 1. The van der Waals surface area contributed by atoms with Crippen LogP contribution in [0.2, 0.25) is 0 Å². The largest absolute Gasteiger partial charge is 0.382 e. The Morgan fingerprint density at radius 1 is 0.914 bits per heavy atom. The maximum absolute atomic E-state index is 11.6. The molecule has 1 aliphatic rings. The van der Waals surface area contributed by atoms with Crippen molar-refractivity contribution < 1.29 is 4.79 Å². The van der Waals surface area contributed by atoms with Gasteiger partial charge in [-0.25, -0.2) is 15.0 Å². The van der Waals surface area contributed by atoms with Gasteiger partial charge in [-0.3, -0.25) is 14.2 Å². The fraction of sp³-hybridized carbons (Fsp3) is 0.222. The summed E-state index contributed by atoms with van der Waals surface area (Å²) in [5, 5.41) is 0. The average molecular weight is 464 g/mol. The highest BCUT2D eigenvalue weighted by atomic mass is 16.1. The molecule has 8 heteroatoms. The summed E-state index contributed by atoms with van der Waals surface area (Å²) in [4.78, 5) is 30.5. The highest BCUT2D eigenvalue weighted by Gasteiger charge is 2.29. The molecule has 35 heavy (non-hydrogen) atoms. The van der Waals surface area contributed by atoms with Gasteiger partial charge >= 0.3 is 0 Å². The molecule has 1 saturated carbocycles. The number of fused-ring (bicyclic) bond motifs is 2. The molecule has 0 atom stereocenters. The van der Waals surface area contributed by atoms with Gasteiger partial charge in [-0.1, -0.05) is 30.3 Å². The second kappa shape index (κ2) is 8.47. The number of nitrogen functional groups attached to an aromatic ring is 1. The van der Waals surface area contributed by atoms with Crippen LogP contribution in [-0.4, -0.2) is 30.2 Å². The summed E-state index contributed by atoms with van der Waals surface area (Å²) in [6, 6.07) is 16.0. The summed E-state index contributed by atoms with van der Waals surface area (Å²) in [6.45, 7) is 0. The number of rotatable bonds is 4. The third kappa shape index (κ3) is 3.77. The van der Waals surface area contributed by atoms with E-state index in [9.17, 15) is 4.79 Å². The molecule has 3 aromatic heterocycles. The first-order valence-corrected chi connectivity index (χ1v) is 11.8. The second-order valence-electron chi connectivity index (χ2n) is 9.13. The van der Waals surface area contributed by atoms with Crippen LogP contribution in [0.25, 0.3) is 39.2 Å². The fourth-order valence-electron chi connectivity index (χ4n) is 5.13. The van der Waals surface area contributed by atoms with Crippen molar-refractivity contribution in [3.8, 4) is 22.6 Å². The Hall–Kier alpha value is -4.33. The minimum atomic E-state index is -0.216. The lowest BCUT2D eigenvalue weighted by atomic mass is 9.80. The summed E-state index contributed by atoms with van der Waals surface area (Å²) < 4.78 is 2.01. The summed E-state index contributed by atoms with van der Waals surface area (Å²) in [6.07, 6.45) is 8.60. The van der Waals surface area contributed by atoms with Crippen LogP contribution in [0.15, 0.2) is 67.1 Å². The van der Waals surface area contributed by atoms with Crippen LogP contribution >= 0.6 is 0 Å². The topological polar surface area (TPSA) is 125 Å².